The van der Waals surface area contributed by atoms with Crippen LogP contribution in [0.5, 0.6) is 0 Å². The van der Waals surface area contributed by atoms with Gasteiger partial charge in [0.2, 0.25) is 11.8 Å². The van der Waals surface area contributed by atoms with Gasteiger partial charge in [0.05, 0.1) is 6.42 Å². The van der Waals surface area contributed by atoms with Gasteiger partial charge in [-0.15, -0.1) is 0 Å². The molecule has 34 heavy (non-hydrogen) atoms. The second-order valence-corrected chi connectivity index (χ2v) is 8.45. The molecule has 0 spiro atoms. The number of nitrogens with one attached hydrogen (secondary N) is 2. The highest BCUT2D eigenvalue weighted by Crippen LogP contribution is 2.20. The van der Waals surface area contributed by atoms with Crippen LogP contribution in [0.25, 0.3) is 10.8 Å². The zero-order valence-electron chi connectivity index (χ0n) is 18.5. The van der Waals surface area contributed by atoms with Crippen molar-refractivity contribution in [1.29, 1.82) is 0 Å². The lowest BCUT2D eigenvalue weighted by Crippen LogP contribution is -2.48. The van der Waals surface area contributed by atoms with Crippen LogP contribution in [0, 0.1) is 0 Å². The average Bonchev–Trinajstić information content (AvgIpc) is 2.85. The summed E-state index contributed by atoms with van der Waals surface area (Å²) in [5.74, 6) is -0.143. The summed E-state index contributed by atoms with van der Waals surface area (Å²) in [6, 6.07) is 23.9. The molecular weight excluding hydrogens is 448 g/mol. The minimum absolute atomic E-state index is 0.0842. The number of halogens is 1. The van der Waals surface area contributed by atoms with E-state index in [1.807, 2.05) is 54.6 Å². The Balaban J connectivity index is 1.53. The summed E-state index contributed by atoms with van der Waals surface area (Å²) in [5, 5.41) is 8.46. The van der Waals surface area contributed by atoms with E-state index < -0.39 is 6.04 Å². The van der Waals surface area contributed by atoms with E-state index in [1.54, 1.807) is 30.5 Å². The van der Waals surface area contributed by atoms with E-state index in [4.69, 9.17) is 17.3 Å². The third kappa shape index (κ3) is 5.91. The maximum absolute atomic E-state index is 13.2. The third-order valence-corrected chi connectivity index (χ3v) is 5.95. The first-order valence-corrected chi connectivity index (χ1v) is 11.3. The Morgan fingerprint density at radius 1 is 0.912 bits per heavy atom. The van der Waals surface area contributed by atoms with Crippen LogP contribution in [0.2, 0.25) is 5.02 Å². The Kier molecular flexibility index (Phi) is 7.40. The molecule has 0 radical (unpaired) electrons. The molecule has 1 atom stereocenters. The van der Waals surface area contributed by atoms with Gasteiger partial charge < -0.3 is 16.4 Å². The number of nitrogen functional groups attached to an aromatic ring is 1. The lowest BCUT2D eigenvalue weighted by Gasteiger charge is -2.20. The average molecular weight is 473 g/mol. The van der Waals surface area contributed by atoms with Gasteiger partial charge in [0.25, 0.3) is 0 Å². The van der Waals surface area contributed by atoms with Crippen LogP contribution in [-0.4, -0.2) is 22.8 Å². The van der Waals surface area contributed by atoms with E-state index in [2.05, 4.69) is 15.6 Å². The second-order valence-electron chi connectivity index (χ2n) is 8.04. The highest BCUT2D eigenvalue weighted by Gasteiger charge is 2.22. The number of carbonyl (C=O) groups excluding carboxylic acids is 2. The maximum atomic E-state index is 13.2. The van der Waals surface area contributed by atoms with E-state index in [-0.39, 0.29) is 24.8 Å². The van der Waals surface area contributed by atoms with Crippen LogP contribution in [0.15, 0.2) is 85.1 Å². The molecule has 0 aliphatic heterocycles. The summed E-state index contributed by atoms with van der Waals surface area (Å²) < 4.78 is 0. The van der Waals surface area contributed by atoms with Gasteiger partial charge in [-0.05, 0) is 39.6 Å². The number of hydrogen-bond donors (Lipinski definition) is 3. The Morgan fingerprint density at radius 2 is 1.65 bits per heavy atom. The van der Waals surface area contributed by atoms with E-state index >= 15 is 0 Å². The van der Waals surface area contributed by atoms with Gasteiger partial charge in [-0.3, -0.25) is 9.59 Å². The number of anilines is 1. The van der Waals surface area contributed by atoms with Gasteiger partial charge in [0.1, 0.15) is 11.9 Å². The Bertz CT molecular complexity index is 1300. The molecule has 0 saturated heterocycles. The number of fused-ring (bicyclic) bond motifs is 1. The van der Waals surface area contributed by atoms with E-state index in [1.165, 1.54) is 0 Å². The number of carbonyl (C=O) groups is 2. The predicted octanol–water partition coefficient (Wildman–Crippen LogP) is 4.06. The van der Waals surface area contributed by atoms with Crippen molar-refractivity contribution in [1.82, 2.24) is 15.6 Å². The monoisotopic (exact) mass is 472 g/mol. The van der Waals surface area contributed by atoms with E-state index in [9.17, 15) is 9.59 Å². The Hall–Kier alpha value is -3.90. The second kappa shape index (κ2) is 10.8. The number of amides is 2. The van der Waals surface area contributed by atoms with Gasteiger partial charge in [-0.1, -0.05) is 78.3 Å². The number of nitrogens with zero attached hydrogens (tertiary/aromatic N) is 1. The lowest BCUT2D eigenvalue weighted by molar-refractivity contribution is -0.128. The normalized spacial score (nSPS) is 11.7. The molecule has 2 amide bonds. The van der Waals surface area contributed by atoms with Crippen LogP contribution < -0.4 is 16.4 Å². The molecule has 0 bridgehead atoms. The number of benzene rings is 3. The standard InChI is InChI=1S/C27H25ClN4O2/c28-23-11-4-2-7-21(23)15-26(33)32-24(27(34)31-17-18-12-13-25(29)30-16-18)14-20-9-5-8-19-6-1-3-10-22(19)20/h1-13,16,24H,14-15,17H2,(H2,29,30)(H,31,34)(H,32,33)/t24-/m0/s1. The topological polar surface area (TPSA) is 97.1 Å². The van der Waals surface area contributed by atoms with Gasteiger partial charge >= 0.3 is 0 Å². The first-order valence-electron chi connectivity index (χ1n) is 11.0. The summed E-state index contributed by atoms with van der Waals surface area (Å²) in [5.41, 5.74) is 8.13. The minimum atomic E-state index is -0.762. The highest BCUT2D eigenvalue weighted by molar-refractivity contribution is 6.31. The third-order valence-electron chi connectivity index (χ3n) is 5.58. The number of rotatable bonds is 8. The molecule has 3 aromatic carbocycles. The first kappa shape index (κ1) is 23.3. The molecule has 0 saturated carbocycles. The smallest absolute Gasteiger partial charge is 0.243 e. The van der Waals surface area contributed by atoms with Crippen LogP contribution >= 0.6 is 11.6 Å². The summed E-state index contributed by atoms with van der Waals surface area (Å²) >= 11 is 6.22. The van der Waals surface area contributed by atoms with Gasteiger partial charge in [-0.25, -0.2) is 4.98 Å². The zero-order valence-corrected chi connectivity index (χ0v) is 19.3. The summed E-state index contributed by atoms with van der Waals surface area (Å²) in [6.45, 7) is 0.276. The number of nitrogens with two attached hydrogens (primary N) is 1. The molecule has 4 aromatic rings. The van der Waals surface area contributed by atoms with Crippen molar-refractivity contribution in [3.05, 3.63) is 107 Å². The largest absolute Gasteiger partial charge is 0.384 e. The molecular formula is C27H25ClN4O2. The fourth-order valence-electron chi connectivity index (χ4n) is 3.81. The van der Waals surface area contributed by atoms with Gasteiger partial charge in [0.15, 0.2) is 0 Å². The fraction of sp³-hybridized carbons (Fsp3) is 0.148. The molecule has 0 unspecified atom stereocenters. The molecule has 4 N–H and O–H groups in total. The summed E-state index contributed by atoms with van der Waals surface area (Å²) in [6.07, 6.45) is 2.05. The zero-order chi connectivity index (χ0) is 23.9. The predicted molar refractivity (Wildman–Crippen MR) is 135 cm³/mol. The van der Waals surface area contributed by atoms with Crippen molar-refractivity contribution in [2.45, 2.75) is 25.4 Å². The fourth-order valence-corrected chi connectivity index (χ4v) is 4.02. The SMILES string of the molecule is Nc1ccc(CNC(=O)[C@H](Cc2cccc3ccccc23)NC(=O)Cc2ccccc2Cl)cn1. The van der Waals surface area contributed by atoms with Crippen LogP contribution in [-0.2, 0) is 29.0 Å². The number of pyridine rings is 1. The molecule has 0 aliphatic carbocycles. The van der Waals surface area contributed by atoms with Gasteiger partial charge in [-0.2, -0.15) is 0 Å². The van der Waals surface area contributed by atoms with Crippen molar-refractivity contribution in [3.63, 3.8) is 0 Å². The number of hydrogen-bond acceptors (Lipinski definition) is 4. The number of aromatic nitrogens is 1. The van der Waals surface area contributed by atoms with Crippen molar-refractivity contribution in [2.75, 3.05) is 5.73 Å². The Labute approximate surface area is 203 Å². The molecule has 0 aliphatic rings. The van der Waals surface area contributed by atoms with Crippen molar-refractivity contribution < 1.29 is 9.59 Å². The molecule has 0 fully saturated rings. The summed E-state index contributed by atoms with van der Waals surface area (Å²) in [4.78, 5) is 30.1. The molecule has 172 valence electrons. The van der Waals surface area contributed by atoms with Gasteiger partial charge in [0, 0.05) is 24.2 Å². The maximum Gasteiger partial charge on any atom is 0.243 e. The van der Waals surface area contributed by atoms with Crippen LogP contribution in [0.3, 0.4) is 0 Å². The molecule has 1 aromatic heterocycles. The van der Waals surface area contributed by atoms with Crippen molar-refractivity contribution >= 4 is 40.0 Å². The molecule has 6 nitrogen and oxygen atoms in total. The highest BCUT2D eigenvalue weighted by atomic mass is 35.5. The Morgan fingerprint density at radius 3 is 2.44 bits per heavy atom. The van der Waals surface area contributed by atoms with Crippen LogP contribution in [0.1, 0.15) is 16.7 Å². The minimum Gasteiger partial charge on any atom is -0.384 e. The summed E-state index contributed by atoms with van der Waals surface area (Å²) in [7, 11) is 0. The van der Waals surface area contributed by atoms with Crippen molar-refractivity contribution in [2.24, 2.45) is 0 Å². The molecule has 1 heterocycles. The molecule has 4 rings (SSSR count). The first-order chi connectivity index (χ1) is 16.5. The van der Waals surface area contributed by atoms with E-state index in [0.717, 1.165) is 21.9 Å². The molecule has 7 heteroatoms. The van der Waals surface area contributed by atoms with Crippen LogP contribution in [0.4, 0.5) is 5.82 Å². The lowest BCUT2D eigenvalue weighted by atomic mass is 9.98. The van der Waals surface area contributed by atoms with Crippen molar-refractivity contribution in [3.8, 4) is 0 Å². The van der Waals surface area contributed by atoms with E-state index in [0.29, 0.717) is 22.8 Å². The quantitative estimate of drug-likeness (QED) is 0.360.